The van der Waals surface area contributed by atoms with Gasteiger partial charge in [-0.25, -0.2) is 9.67 Å². The van der Waals surface area contributed by atoms with Gasteiger partial charge in [0.25, 0.3) is 0 Å². The predicted molar refractivity (Wildman–Crippen MR) is 67.8 cm³/mol. The van der Waals surface area contributed by atoms with E-state index in [1.807, 2.05) is 4.68 Å². The van der Waals surface area contributed by atoms with Crippen LogP contribution in [0.5, 0.6) is 0 Å². The number of nitrogens with one attached hydrogen (secondary N) is 1. The van der Waals surface area contributed by atoms with Crippen LogP contribution in [0.3, 0.4) is 0 Å². The fraction of sp³-hybridized carbons (Fsp3) is 0.833. The summed E-state index contributed by atoms with van der Waals surface area (Å²) in [6, 6.07) is 1.03. The Kier molecular flexibility index (Phi) is 4.12. The molecular formula is C12H23N5. The molecule has 1 aliphatic rings. The van der Waals surface area contributed by atoms with Gasteiger partial charge in [-0.15, -0.1) is 0 Å². The Hall–Kier alpha value is -0.940. The lowest BCUT2D eigenvalue weighted by molar-refractivity contribution is 0.200. The number of hydrogen-bond donors (Lipinski definition) is 1. The fourth-order valence-electron chi connectivity index (χ4n) is 2.45. The van der Waals surface area contributed by atoms with Crippen molar-refractivity contribution in [3.63, 3.8) is 0 Å². The summed E-state index contributed by atoms with van der Waals surface area (Å²) >= 11 is 0. The Morgan fingerprint density at radius 3 is 3.00 bits per heavy atom. The molecule has 2 rings (SSSR count). The van der Waals surface area contributed by atoms with Crippen molar-refractivity contribution in [2.45, 2.75) is 45.8 Å². The monoisotopic (exact) mass is 237 g/mol. The highest BCUT2D eigenvalue weighted by molar-refractivity contribution is 4.90. The van der Waals surface area contributed by atoms with Gasteiger partial charge in [-0.1, -0.05) is 6.92 Å². The van der Waals surface area contributed by atoms with Crippen molar-refractivity contribution in [3.8, 4) is 0 Å². The van der Waals surface area contributed by atoms with Gasteiger partial charge in [-0.3, -0.25) is 4.90 Å². The van der Waals surface area contributed by atoms with E-state index in [0.717, 1.165) is 32.0 Å². The van der Waals surface area contributed by atoms with Gasteiger partial charge < -0.3 is 5.32 Å². The molecule has 5 nitrogen and oxygen atoms in total. The van der Waals surface area contributed by atoms with Crippen LogP contribution < -0.4 is 5.32 Å². The largest absolute Gasteiger partial charge is 0.315 e. The minimum atomic E-state index is 0.382. The molecule has 1 aliphatic heterocycles. The van der Waals surface area contributed by atoms with Crippen molar-refractivity contribution in [1.29, 1.82) is 0 Å². The molecule has 0 radical (unpaired) electrons. The number of hydrogen-bond acceptors (Lipinski definition) is 4. The molecule has 1 fully saturated rings. The number of aromatic nitrogens is 3. The van der Waals surface area contributed by atoms with E-state index in [1.165, 1.54) is 6.42 Å². The summed E-state index contributed by atoms with van der Waals surface area (Å²) in [6.45, 7) is 10.7. The standard InChI is InChI=1S/C12H23N5/c1-4-16(11-5-6-13-7-11)8-12-14-9-15-17(12)10(2)3/h9-11,13H,4-8H2,1-3H3. The Morgan fingerprint density at radius 1 is 1.59 bits per heavy atom. The maximum atomic E-state index is 4.39. The van der Waals surface area contributed by atoms with E-state index in [1.54, 1.807) is 6.33 Å². The maximum Gasteiger partial charge on any atom is 0.141 e. The molecule has 0 aromatic carbocycles. The molecule has 0 spiro atoms. The number of nitrogens with zero attached hydrogens (tertiary/aromatic N) is 4. The molecule has 5 heteroatoms. The molecule has 2 heterocycles. The van der Waals surface area contributed by atoms with Crippen LogP contribution in [0, 0.1) is 0 Å². The summed E-state index contributed by atoms with van der Waals surface area (Å²) in [6.07, 6.45) is 2.90. The third-order valence-corrected chi connectivity index (χ3v) is 3.44. The molecule has 0 saturated carbocycles. The first-order valence-corrected chi connectivity index (χ1v) is 6.55. The van der Waals surface area contributed by atoms with Crippen LogP contribution >= 0.6 is 0 Å². The van der Waals surface area contributed by atoms with Gasteiger partial charge in [0, 0.05) is 18.6 Å². The van der Waals surface area contributed by atoms with Crippen molar-refractivity contribution in [2.75, 3.05) is 19.6 Å². The number of rotatable bonds is 5. The highest BCUT2D eigenvalue weighted by Gasteiger charge is 2.22. The first-order chi connectivity index (χ1) is 8.22. The Morgan fingerprint density at radius 2 is 2.41 bits per heavy atom. The van der Waals surface area contributed by atoms with E-state index in [9.17, 15) is 0 Å². The average molecular weight is 237 g/mol. The van der Waals surface area contributed by atoms with E-state index in [0.29, 0.717) is 12.1 Å². The SMILES string of the molecule is CCN(Cc1ncnn1C(C)C)C1CCNC1. The quantitative estimate of drug-likeness (QED) is 0.831. The highest BCUT2D eigenvalue weighted by Crippen LogP contribution is 2.13. The van der Waals surface area contributed by atoms with E-state index in [4.69, 9.17) is 0 Å². The molecule has 0 amide bonds. The second kappa shape index (κ2) is 5.60. The predicted octanol–water partition coefficient (Wildman–Crippen LogP) is 1.04. The van der Waals surface area contributed by atoms with Crippen LogP contribution in [-0.2, 0) is 6.54 Å². The zero-order chi connectivity index (χ0) is 12.3. The molecule has 1 N–H and O–H groups in total. The summed E-state index contributed by atoms with van der Waals surface area (Å²) in [5, 5.41) is 7.71. The van der Waals surface area contributed by atoms with Crippen molar-refractivity contribution >= 4 is 0 Å². The van der Waals surface area contributed by atoms with E-state index < -0.39 is 0 Å². The first kappa shape index (κ1) is 12.5. The van der Waals surface area contributed by atoms with E-state index >= 15 is 0 Å². The summed E-state index contributed by atoms with van der Waals surface area (Å²) in [5.74, 6) is 1.08. The van der Waals surface area contributed by atoms with E-state index in [2.05, 4.69) is 41.1 Å². The van der Waals surface area contributed by atoms with Crippen LogP contribution in [0.25, 0.3) is 0 Å². The zero-order valence-corrected chi connectivity index (χ0v) is 11.1. The Balaban J connectivity index is 2.04. The van der Waals surface area contributed by atoms with Gasteiger partial charge in [0.15, 0.2) is 0 Å². The zero-order valence-electron chi connectivity index (χ0n) is 11.1. The maximum absolute atomic E-state index is 4.39. The van der Waals surface area contributed by atoms with Crippen LogP contribution in [0.1, 0.15) is 39.1 Å². The molecule has 0 aliphatic carbocycles. The van der Waals surface area contributed by atoms with E-state index in [-0.39, 0.29) is 0 Å². The normalized spacial score (nSPS) is 20.6. The fourth-order valence-corrected chi connectivity index (χ4v) is 2.45. The minimum Gasteiger partial charge on any atom is -0.315 e. The molecule has 17 heavy (non-hydrogen) atoms. The molecule has 1 aromatic rings. The lowest BCUT2D eigenvalue weighted by Crippen LogP contribution is -2.37. The smallest absolute Gasteiger partial charge is 0.141 e. The molecule has 1 atom stereocenters. The summed E-state index contributed by atoms with van der Waals surface area (Å²) in [7, 11) is 0. The van der Waals surface area contributed by atoms with Gasteiger partial charge in [-0.05, 0) is 33.4 Å². The second-order valence-electron chi connectivity index (χ2n) is 4.92. The summed E-state index contributed by atoms with van der Waals surface area (Å²) in [4.78, 5) is 6.88. The lowest BCUT2D eigenvalue weighted by Gasteiger charge is -2.26. The third kappa shape index (κ3) is 2.84. The van der Waals surface area contributed by atoms with Gasteiger partial charge in [0.05, 0.1) is 6.54 Å². The van der Waals surface area contributed by atoms with Gasteiger partial charge in [-0.2, -0.15) is 5.10 Å². The van der Waals surface area contributed by atoms with Crippen molar-refractivity contribution in [3.05, 3.63) is 12.2 Å². The minimum absolute atomic E-state index is 0.382. The van der Waals surface area contributed by atoms with Gasteiger partial charge in [0.1, 0.15) is 12.2 Å². The Labute approximate surface area is 103 Å². The topological polar surface area (TPSA) is 46.0 Å². The van der Waals surface area contributed by atoms with Crippen LogP contribution in [0.4, 0.5) is 0 Å². The number of likely N-dealkylation sites (N-methyl/N-ethyl adjacent to an activating group) is 1. The highest BCUT2D eigenvalue weighted by atomic mass is 15.4. The van der Waals surface area contributed by atoms with Gasteiger partial charge >= 0.3 is 0 Å². The third-order valence-electron chi connectivity index (χ3n) is 3.44. The van der Waals surface area contributed by atoms with Crippen LogP contribution in [0.15, 0.2) is 6.33 Å². The van der Waals surface area contributed by atoms with Crippen LogP contribution in [-0.4, -0.2) is 45.3 Å². The molecule has 96 valence electrons. The molecule has 0 bridgehead atoms. The van der Waals surface area contributed by atoms with Crippen LogP contribution in [0.2, 0.25) is 0 Å². The lowest BCUT2D eigenvalue weighted by atomic mass is 10.2. The Bertz CT molecular complexity index is 340. The van der Waals surface area contributed by atoms with Crippen molar-refractivity contribution < 1.29 is 0 Å². The summed E-state index contributed by atoms with van der Waals surface area (Å²) in [5.41, 5.74) is 0. The van der Waals surface area contributed by atoms with Crippen molar-refractivity contribution in [2.24, 2.45) is 0 Å². The first-order valence-electron chi connectivity index (χ1n) is 6.55. The molecule has 1 saturated heterocycles. The molecular weight excluding hydrogens is 214 g/mol. The average Bonchev–Trinajstić information content (AvgIpc) is 2.96. The molecule has 1 unspecified atom stereocenters. The molecule has 1 aromatic heterocycles. The van der Waals surface area contributed by atoms with Crippen molar-refractivity contribution in [1.82, 2.24) is 25.0 Å². The summed E-state index contributed by atoms with van der Waals surface area (Å²) < 4.78 is 2.02. The second-order valence-corrected chi connectivity index (χ2v) is 4.92. The van der Waals surface area contributed by atoms with Gasteiger partial charge in [0.2, 0.25) is 0 Å².